The minimum Gasteiger partial charge on any atom is -0.0765 e. The van der Waals surface area contributed by atoms with E-state index >= 15 is 0 Å². The highest BCUT2D eigenvalue weighted by Crippen LogP contribution is 2.47. The molecule has 0 atom stereocenters. The van der Waals surface area contributed by atoms with Crippen LogP contribution in [0.1, 0.15) is 194 Å². The summed E-state index contributed by atoms with van der Waals surface area (Å²) in [5, 5.41) is 0. The normalized spacial score (nSPS) is 12.0. The quantitative estimate of drug-likeness (QED) is 0.0845. The smallest absolute Gasteiger partial charge is 0.0765 e. The van der Waals surface area contributed by atoms with Gasteiger partial charge in [0.25, 0.3) is 0 Å². The van der Waals surface area contributed by atoms with Gasteiger partial charge in [0.2, 0.25) is 0 Å². The van der Waals surface area contributed by atoms with Crippen LogP contribution in [0.15, 0.2) is 352 Å². The van der Waals surface area contributed by atoms with Crippen LogP contribution in [0, 0.1) is 47.4 Å². The molecule has 0 aromatic heterocycles. The summed E-state index contributed by atoms with van der Waals surface area (Å²) in [5.74, 6) is 31.1. The van der Waals surface area contributed by atoms with Gasteiger partial charge in [0.1, 0.15) is 21.7 Å². The van der Waals surface area contributed by atoms with E-state index in [0.29, 0.717) is 0 Å². The number of hydrogen-bond acceptors (Lipinski definition) is 0. The third-order valence-corrected chi connectivity index (χ3v) is 21.1. The maximum absolute atomic E-state index is 4.14. The van der Waals surface area contributed by atoms with Gasteiger partial charge in [0, 0.05) is 22.3 Å². The minimum atomic E-state index is -1.02. The molecule has 0 amide bonds. The lowest BCUT2D eigenvalue weighted by molar-refractivity contribution is 0.588. The predicted molar refractivity (Wildman–Crippen MR) is 446 cm³/mol. The van der Waals surface area contributed by atoms with Crippen LogP contribution in [0.2, 0.25) is 0 Å². The Morgan fingerprint density at radius 3 is 0.453 bits per heavy atom. The van der Waals surface area contributed by atoms with Gasteiger partial charge in [-0.05, 0) is 159 Å². The van der Waals surface area contributed by atoms with Gasteiger partial charge in [0.15, 0.2) is 0 Å². The molecule has 0 aliphatic rings. The van der Waals surface area contributed by atoms with Gasteiger partial charge in [-0.2, -0.15) is 0 Å². The van der Waals surface area contributed by atoms with E-state index in [1.165, 1.54) is 22.3 Å². The SMILES string of the molecule is CC(C)(C)c1ccc(C(C#Cc2ccc(C#CC(c3ccccc3)(c3ccccc3)c3ccccc3)cc2)(c2ccc(C(C)(C)C)cc2)c2cccc(C(C#Cc3ccc(C#CC(c4ccccc4)(c4ccccc4)c4ccccc4)cc3)(c3ccc(C(C)(C)C)cc3)c3ccc(C(C)(C)C)cc3)c2)cc1. The van der Waals surface area contributed by atoms with Gasteiger partial charge in [-0.15, -0.1) is 0 Å². The summed E-state index contributed by atoms with van der Waals surface area (Å²) in [6.07, 6.45) is 0. The molecule has 106 heavy (non-hydrogen) atoms. The Morgan fingerprint density at radius 1 is 0.142 bits per heavy atom. The van der Waals surface area contributed by atoms with Crippen LogP contribution >= 0.6 is 0 Å². The van der Waals surface area contributed by atoms with Crippen LogP contribution in [0.4, 0.5) is 0 Å². The standard InChI is InChI=1S/C106H94/c1-99(2,3)83-54-62-93(63-55-83)105(94-64-56-84(57-65-94)100(4,5)6,76-72-81-50-46-79(47-51-81)70-74-103(87-32-19-13-20-33-87,88-34-21-14-22-35-88)89-36-23-15-24-37-89)97-44-31-45-98(78-97)106(95-66-58-85(59-67-95)101(7,8)9,96-68-60-86(61-69-96)102(10,11)12)77-73-82-52-48-80(49-53-82)71-75-104(90-38-25-16-26-39-90,91-40-27-17-28-41-91)92-42-29-18-30-43-92/h13-69,78H,1-12H3. The van der Waals surface area contributed by atoms with E-state index in [2.05, 4.69) is 482 Å². The molecular weight excluding hydrogens is 1270 g/mol. The number of rotatable bonds is 12. The lowest BCUT2D eigenvalue weighted by atomic mass is 9.65. The number of hydrogen-bond donors (Lipinski definition) is 0. The maximum Gasteiger partial charge on any atom is 0.107 e. The Kier molecular flexibility index (Phi) is 20.5. The Morgan fingerprint density at radius 2 is 0.283 bits per heavy atom. The van der Waals surface area contributed by atoms with Crippen molar-refractivity contribution in [1.82, 2.24) is 0 Å². The van der Waals surface area contributed by atoms with E-state index in [0.717, 1.165) is 89.0 Å². The summed E-state index contributed by atoms with van der Waals surface area (Å²) in [6.45, 7) is 27.4. The second kappa shape index (κ2) is 30.1. The highest BCUT2D eigenvalue weighted by Gasteiger charge is 2.42. The van der Waals surface area contributed by atoms with Crippen LogP contribution in [0.5, 0.6) is 0 Å². The third kappa shape index (κ3) is 15.0. The average molecular weight is 1370 g/mol. The molecule has 13 aromatic carbocycles. The molecule has 0 saturated heterocycles. The molecule has 0 aliphatic heterocycles. The van der Waals surface area contributed by atoms with Crippen molar-refractivity contribution >= 4 is 0 Å². The molecule has 0 unspecified atom stereocenters. The summed E-state index contributed by atoms with van der Waals surface area (Å²) < 4.78 is 0. The first-order valence-electron chi connectivity index (χ1n) is 37.2. The van der Waals surface area contributed by atoms with Crippen LogP contribution in [-0.2, 0) is 43.3 Å². The molecule has 13 rings (SSSR count). The van der Waals surface area contributed by atoms with Gasteiger partial charge in [0.05, 0.1) is 0 Å². The number of benzene rings is 13. The largest absolute Gasteiger partial charge is 0.107 e. The van der Waals surface area contributed by atoms with Crippen molar-refractivity contribution in [2.75, 3.05) is 0 Å². The molecule has 0 heteroatoms. The highest BCUT2D eigenvalue weighted by atomic mass is 14.4. The second-order valence-electron chi connectivity index (χ2n) is 32.2. The van der Waals surface area contributed by atoms with Gasteiger partial charge >= 0.3 is 0 Å². The van der Waals surface area contributed by atoms with Crippen molar-refractivity contribution in [3.63, 3.8) is 0 Å². The zero-order valence-electron chi connectivity index (χ0n) is 63.5. The fraction of sp³-hybridized carbons (Fsp3) is 0.189. The van der Waals surface area contributed by atoms with Crippen molar-refractivity contribution < 1.29 is 0 Å². The van der Waals surface area contributed by atoms with Crippen LogP contribution < -0.4 is 0 Å². The molecule has 518 valence electrons. The maximum atomic E-state index is 4.14. The van der Waals surface area contributed by atoms with Crippen molar-refractivity contribution in [2.45, 2.75) is 126 Å². The first-order chi connectivity index (χ1) is 51.0. The van der Waals surface area contributed by atoms with E-state index < -0.39 is 21.7 Å². The summed E-state index contributed by atoms with van der Waals surface area (Å²) in [5.41, 5.74) is 17.6. The van der Waals surface area contributed by atoms with Crippen molar-refractivity contribution in [1.29, 1.82) is 0 Å². The molecule has 0 aliphatic carbocycles. The summed E-state index contributed by atoms with van der Waals surface area (Å²) in [6, 6.07) is 127. The van der Waals surface area contributed by atoms with Crippen LogP contribution in [0.3, 0.4) is 0 Å². The van der Waals surface area contributed by atoms with E-state index in [4.69, 9.17) is 0 Å². The average Bonchev–Trinajstić information content (AvgIpc) is 0.744. The van der Waals surface area contributed by atoms with E-state index in [1.807, 2.05) is 0 Å². The molecule has 0 fully saturated rings. The van der Waals surface area contributed by atoms with Gasteiger partial charge < -0.3 is 0 Å². The molecule has 0 spiro atoms. The highest BCUT2D eigenvalue weighted by molar-refractivity contribution is 5.68. The summed E-state index contributed by atoms with van der Waals surface area (Å²) >= 11 is 0. The predicted octanol–water partition coefficient (Wildman–Crippen LogP) is 24.4. The van der Waals surface area contributed by atoms with E-state index in [9.17, 15) is 0 Å². The van der Waals surface area contributed by atoms with Crippen molar-refractivity contribution in [3.05, 3.63) is 463 Å². The summed E-state index contributed by atoms with van der Waals surface area (Å²) in [7, 11) is 0. The van der Waals surface area contributed by atoms with E-state index in [-0.39, 0.29) is 21.7 Å². The van der Waals surface area contributed by atoms with E-state index in [1.54, 1.807) is 0 Å². The fourth-order valence-corrected chi connectivity index (χ4v) is 14.8. The zero-order chi connectivity index (χ0) is 74.2. The minimum absolute atomic E-state index is 0.0925. The third-order valence-electron chi connectivity index (χ3n) is 21.1. The van der Waals surface area contributed by atoms with Crippen molar-refractivity contribution in [3.8, 4) is 47.4 Å². The molecule has 0 heterocycles. The molecule has 13 aromatic rings. The second-order valence-corrected chi connectivity index (χ2v) is 32.2. The van der Waals surface area contributed by atoms with Crippen LogP contribution in [0.25, 0.3) is 0 Å². The first-order valence-corrected chi connectivity index (χ1v) is 37.2. The topological polar surface area (TPSA) is 0 Å². The zero-order valence-corrected chi connectivity index (χ0v) is 63.5. The van der Waals surface area contributed by atoms with Crippen molar-refractivity contribution in [2.24, 2.45) is 0 Å². The lowest BCUT2D eigenvalue weighted by Gasteiger charge is -2.36. The monoisotopic (exact) mass is 1370 g/mol. The molecular formula is C106H94. The fourth-order valence-electron chi connectivity index (χ4n) is 14.8. The Balaban J connectivity index is 1.01. The molecule has 0 nitrogen and oxygen atoms in total. The lowest BCUT2D eigenvalue weighted by Crippen LogP contribution is -2.31. The Hall–Kier alpha value is -11.9. The molecule has 0 radical (unpaired) electrons. The summed E-state index contributed by atoms with van der Waals surface area (Å²) in [4.78, 5) is 0. The molecule has 0 bridgehead atoms. The van der Waals surface area contributed by atoms with Crippen LogP contribution in [-0.4, -0.2) is 0 Å². The van der Waals surface area contributed by atoms with Gasteiger partial charge in [-0.25, -0.2) is 0 Å². The Labute approximate surface area is 632 Å². The molecule has 0 N–H and O–H groups in total. The van der Waals surface area contributed by atoms with Gasteiger partial charge in [-0.1, -0.05) is 434 Å². The first kappa shape index (κ1) is 72.5. The molecule has 0 saturated carbocycles. The Bertz CT molecular complexity index is 4750. The van der Waals surface area contributed by atoms with Gasteiger partial charge in [-0.3, -0.25) is 0 Å².